The molecule has 0 spiro atoms. The lowest BCUT2D eigenvalue weighted by Gasteiger charge is -2.30. The van der Waals surface area contributed by atoms with Crippen LogP contribution in [0, 0.1) is 0 Å². The first kappa shape index (κ1) is 13.9. The van der Waals surface area contributed by atoms with E-state index in [-0.39, 0.29) is 17.3 Å². The van der Waals surface area contributed by atoms with Crippen LogP contribution in [0.2, 0.25) is 0 Å². The van der Waals surface area contributed by atoms with Gasteiger partial charge in [0.15, 0.2) is 0 Å². The number of nitrogens with zero attached hydrogens (tertiary/aromatic N) is 1. The Labute approximate surface area is 74.6 Å². The Kier molecular flexibility index (Phi) is 5.07. The Morgan fingerprint density at radius 2 is 1.67 bits per heavy atom. The minimum atomic E-state index is 0. The summed E-state index contributed by atoms with van der Waals surface area (Å²) in [7, 11) is 6.02. The van der Waals surface area contributed by atoms with E-state index in [0.29, 0.717) is 10.1 Å². The van der Waals surface area contributed by atoms with E-state index in [4.69, 9.17) is 0 Å². The van der Waals surface area contributed by atoms with E-state index < -0.39 is 0 Å². The van der Waals surface area contributed by atoms with Crippen LogP contribution in [-0.2, 0) is 4.79 Å². The molecule has 0 heterocycles. The summed E-state index contributed by atoms with van der Waals surface area (Å²) in [5.41, 5.74) is 0.644. The Morgan fingerprint density at radius 3 is 1.75 bits per heavy atom. The number of ketones is 1. The van der Waals surface area contributed by atoms with Gasteiger partial charge in [-0.25, -0.2) is 0 Å². The summed E-state index contributed by atoms with van der Waals surface area (Å²) in [6, 6.07) is 0.00694. The van der Waals surface area contributed by atoms with Crippen molar-refractivity contribution in [3.63, 3.8) is 0 Å². The molecular weight excluding hydrogens is 154 g/mol. The average molecular weight is 173 g/mol. The van der Waals surface area contributed by atoms with Crippen molar-refractivity contribution in [2.24, 2.45) is 0 Å². The molecule has 0 saturated carbocycles. The number of Topliss-reactive ketones (excluding diaryl/α,β-unsaturated/α-hetero) is 1. The quantitative estimate of drug-likeness (QED) is 0.473. The number of quaternary nitrogens is 1. The Bertz CT molecular complexity index is 179. The van der Waals surface area contributed by atoms with Gasteiger partial charge >= 0.3 is 0 Å². The molecule has 0 aliphatic heterocycles. The second kappa shape index (κ2) is 4.38. The van der Waals surface area contributed by atoms with Crippen LogP contribution in [0.4, 0.5) is 0 Å². The number of hydrogen-bond donors (Lipinski definition) is 0. The first-order valence-electron chi connectivity index (χ1n) is 3.77. The van der Waals surface area contributed by atoms with Crippen LogP contribution in [0.3, 0.4) is 0 Å². The highest BCUT2D eigenvalue weighted by Gasteiger charge is 2.26. The van der Waals surface area contributed by atoms with Gasteiger partial charge in [-0.2, -0.15) is 0 Å². The van der Waals surface area contributed by atoms with Crippen LogP contribution in [0.5, 0.6) is 0 Å². The first-order valence-corrected chi connectivity index (χ1v) is 3.77. The number of carbonyl (C=O) groups excluding carboxylic acids is 1. The predicted octanol–water partition coefficient (Wildman–Crippen LogP) is 1.05. The van der Waals surface area contributed by atoms with Crippen molar-refractivity contribution >= 4 is 5.78 Å². The van der Waals surface area contributed by atoms with E-state index in [1.165, 1.54) is 0 Å². The molecule has 12 heavy (non-hydrogen) atoms. The third-order valence-electron chi connectivity index (χ3n) is 1.96. The normalized spacial score (nSPS) is 13.1. The number of hydrogen-bond acceptors (Lipinski definition) is 2. The molecule has 3 nitrogen and oxygen atoms in total. The monoisotopic (exact) mass is 173 g/mol. The smallest absolute Gasteiger partial charge is 0.214 e. The molecule has 0 saturated heterocycles. The lowest BCUT2D eigenvalue weighted by molar-refractivity contribution is -0.884. The van der Waals surface area contributed by atoms with Gasteiger partial charge in [0.2, 0.25) is 5.78 Å². The van der Waals surface area contributed by atoms with Gasteiger partial charge in [0.1, 0.15) is 6.04 Å². The van der Waals surface area contributed by atoms with Gasteiger partial charge in [0.25, 0.3) is 0 Å². The Hall–Kier alpha value is -0.670. The van der Waals surface area contributed by atoms with E-state index in [9.17, 15) is 4.79 Å². The summed E-state index contributed by atoms with van der Waals surface area (Å²) < 4.78 is 0.658. The molecule has 72 valence electrons. The molecule has 0 aliphatic carbocycles. The molecule has 0 aromatic heterocycles. The van der Waals surface area contributed by atoms with Crippen LogP contribution in [0.25, 0.3) is 0 Å². The number of rotatable bonds is 3. The fraction of sp³-hybridized carbons (Fsp3) is 0.667. The Balaban J connectivity index is 0. The molecule has 0 radical (unpaired) electrons. The second-order valence-corrected chi connectivity index (χ2v) is 3.94. The summed E-state index contributed by atoms with van der Waals surface area (Å²) in [5, 5.41) is 0. The summed E-state index contributed by atoms with van der Waals surface area (Å²) >= 11 is 0. The first-order chi connectivity index (χ1) is 4.76. The molecule has 1 N–H and O–H groups in total. The molecule has 0 aromatic rings. The molecule has 0 aliphatic rings. The van der Waals surface area contributed by atoms with Crippen LogP contribution in [-0.4, -0.2) is 42.9 Å². The third-order valence-corrected chi connectivity index (χ3v) is 1.96. The topological polar surface area (TPSA) is 47.1 Å². The largest absolute Gasteiger partial charge is 0.870 e. The second-order valence-electron chi connectivity index (χ2n) is 3.94. The van der Waals surface area contributed by atoms with Crippen molar-refractivity contribution in [3.8, 4) is 0 Å². The molecule has 3 heteroatoms. The van der Waals surface area contributed by atoms with Crippen LogP contribution in [0.15, 0.2) is 12.2 Å². The molecule has 0 rings (SSSR count). The molecule has 0 bridgehead atoms. The lowest BCUT2D eigenvalue weighted by atomic mass is 10.1. The number of carbonyl (C=O) groups is 1. The minimum absolute atomic E-state index is 0. The summed E-state index contributed by atoms with van der Waals surface area (Å²) in [6.45, 7) is 7.32. The van der Waals surface area contributed by atoms with Crippen LogP contribution in [0.1, 0.15) is 13.8 Å². The molecule has 0 amide bonds. The lowest BCUT2D eigenvalue weighted by Crippen LogP contribution is -2.48. The van der Waals surface area contributed by atoms with Gasteiger partial charge in [0.05, 0.1) is 21.1 Å². The SMILES string of the molecule is C=C(C)C(=O)C(C)[N+](C)(C)C.[OH-]. The maximum Gasteiger partial charge on any atom is 0.214 e. The van der Waals surface area contributed by atoms with Gasteiger partial charge in [0, 0.05) is 0 Å². The zero-order valence-corrected chi connectivity index (χ0v) is 8.59. The summed E-state index contributed by atoms with van der Waals surface area (Å²) in [5.74, 6) is 0.150. The molecule has 0 fully saturated rings. The molecule has 1 unspecified atom stereocenters. The van der Waals surface area contributed by atoms with E-state index in [1.54, 1.807) is 6.92 Å². The minimum Gasteiger partial charge on any atom is -0.870 e. The van der Waals surface area contributed by atoms with Crippen molar-refractivity contribution in [2.75, 3.05) is 21.1 Å². The third kappa shape index (κ3) is 3.64. The fourth-order valence-electron chi connectivity index (χ4n) is 0.708. The van der Waals surface area contributed by atoms with Gasteiger partial charge in [-0.05, 0) is 19.4 Å². The van der Waals surface area contributed by atoms with Gasteiger partial charge in [-0.3, -0.25) is 4.79 Å². The zero-order valence-electron chi connectivity index (χ0n) is 8.59. The van der Waals surface area contributed by atoms with Gasteiger partial charge in [-0.15, -0.1) is 0 Å². The molecule has 0 aromatic carbocycles. The summed E-state index contributed by atoms with van der Waals surface area (Å²) in [6.07, 6.45) is 0. The van der Waals surface area contributed by atoms with Crippen molar-refractivity contribution in [1.82, 2.24) is 0 Å². The van der Waals surface area contributed by atoms with Crippen molar-refractivity contribution in [2.45, 2.75) is 19.9 Å². The zero-order chi connectivity index (χ0) is 9.23. The maximum absolute atomic E-state index is 11.4. The molecular formula is C9H19NO2. The van der Waals surface area contributed by atoms with E-state index >= 15 is 0 Å². The van der Waals surface area contributed by atoms with Crippen molar-refractivity contribution in [1.29, 1.82) is 0 Å². The molecule has 1 atom stereocenters. The maximum atomic E-state index is 11.4. The Morgan fingerprint density at radius 1 is 1.33 bits per heavy atom. The highest BCUT2D eigenvalue weighted by molar-refractivity contribution is 5.97. The van der Waals surface area contributed by atoms with Crippen LogP contribution >= 0.6 is 0 Å². The predicted molar refractivity (Wildman–Crippen MR) is 49.3 cm³/mol. The van der Waals surface area contributed by atoms with Crippen LogP contribution < -0.4 is 0 Å². The highest BCUT2D eigenvalue weighted by Crippen LogP contribution is 2.07. The van der Waals surface area contributed by atoms with Gasteiger partial charge < -0.3 is 9.96 Å². The van der Waals surface area contributed by atoms with E-state index in [2.05, 4.69) is 6.58 Å². The van der Waals surface area contributed by atoms with E-state index in [1.807, 2.05) is 28.1 Å². The average Bonchev–Trinajstić information content (AvgIpc) is 1.82. The number of likely N-dealkylation sites (N-methyl/N-ethyl adjacent to an activating group) is 1. The standard InChI is InChI=1S/C9H18NO.H2O/c1-7(2)9(11)8(3)10(4,5)6;/h8H,1H2,2-6H3;1H2/q+1;/p-1. The van der Waals surface area contributed by atoms with Crippen molar-refractivity contribution < 1.29 is 14.8 Å². The summed E-state index contributed by atoms with van der Waals surface area (Å²) in [4.78, 5) is 11.4. The fourth-order valence-corrected chi connectivity index (χ4v) is 0.708. The van der Waals surface area contributed by atoms with E-state index in [0.717, 1.165) is 0 Å². The van der Waals surface area contributed by atoms with Crippen molar-refractivity contribution in [3.05, 3.63) is 12.2 Å². The highest BCUT2D eigenvalue weighted by atomic mass is 16.1. The van der Waals surface area contributed by atoms with Gasteiger partial charge in [-0.1, -0.05) is 6.58 Å².